The van der Waals surface area contributed by atoms with Gasteiger partial charge in [0, 0.05) is 0 Å². The van der Waals surface area contributed by atoms with Crippen LogP contribution in [0.5, 0.6) is 0 Å². The number of halogens is 2. The number of rotatable bonds is 5. The minimum atomic E-state index is -4.10. The quantitative estimate of drug-likeness (QED) is 0.721. The second-order valence-corrected chi connectivity index (χ2v) is 6.60. The number of carboxylic acid groups (broad SMARTS) is 1. The van der Waals surface area contributed by atoms with Gasteiger partial charge in [-0.1, -0.05) is 0 Å². The predicted molar refractivity (Wildman–Crippen MR) is 67.5 cm³/mol. The van der Waals surface area contributed by atoms with Crippen molar-refractivity contribution in [1.29, 1.82) is 0 Å². The Morgan fingerprint density at radius 2 is 2.11 bits per heavy atom. The number of sulfonamides is 1. The van der Waals surface area contributed by atoms with Gasteiger partial charge in [0.2, 0.25) is 10.0 Å². The van der Waals surface area contributed by atoms with Crippen LogP contribution in [0.4, 0.5) is 4.39 Å². The van der Waals surface area contributed by atoms with Crippen LogP contribution in [0.2, 0.25) is 0 Å². The molecular weight excluding hydrogens is 345 g/mol. The highest BCUT2D eigenvalue weighted by molar-refractivity contribution is 9.10. The average molecular weight is 356 g/mol. The van der Waals surface area contributed by atoms with E-state index in [0.717, 1.165) is 19.1 Å². The van der Waals surface area contributed by atoms with Gasteiger partial charge < -0.3 is 10.2 Å². The average Bonchev–Trinajstić information content (AvgIpc) is 2.30. The molecule has 1 aromatic rings. The summed E-state index contributed by atoms with van der Waals surface area (Å²) in [4.78, 5) is 10.3. The van der Waals surface area contributed by atoms with Crippen molar-refractivity contribution < 1.29 is 27.8 Å². The Bertz CT molecular complexity index is 602. The van der Waals surface area contributed by atoms with E-state index in [0.29, 0.717) is 0 Å². The van der Waals surface area contributed by atoms with Crippen LogP contribution in [0.1, 0.15) is 6.92 Å². The number of nitrogens with one attached hydrogen (secondary N) is 1. The summed E-state index contributed by atoms with van der Waals surface area (Å²) in [5.41, 5.74) is -2.25. The fourth-order valence-electron chi connectivity index (χ4n) is 1.04. The van der Waals surface area contributed by atoms with Gasteiger partial charge in [-0.2, -0.15) is 0 Å². The number of benzene rings is 1. The molecule has 0 saturated heterocycles. The molecule has 0 heterocycles. The van der Waals surface area contributed by atoms with Crippen LogP contribution in [0.15, 0.2) is 27.6 Å². The van der Waals surface area contributed by atoms with Gasteiger partial charge in [0.05, 0.1) is 15.9 Å². The molecule has 3 N–H and O–H groups in total. The monoisotopic (exact) mass is 355 g/mol. The normalized spacial score (nSPS) is 14.9. The molecule has 0 aliphatic carbocycles. The minimum Gasteiger partial charge on any atom is -0.479 e. The molecule has 0 aliphatic heterocycles. The maximum atomic E-state index is 13.2. The molecule has 1 atom stereocenters. The molecule has 0 saturated carbocycles. The van der Waals surface area contributed by atoms with E-state index in [4.69, 9.17) is 5.11 Å². The number of carboxylic acids is 1. The lowest BCUT2D eigenvalue weighted by Gasteiger charge is -2.18. The molecule has 0 bridgehead atoms. The molecule has 1 unspecified atom stereocenters. The van der Waals surface area contributed by atoms with Gasteiger partial charge in [0.15, 0.2) is 5.60 Å². The van der Waals surface area contributed by atoms with E-state index < -0.39 is 34.0 Å². The molecule has 6 nitrogen and oxygen atoms in total. The maximum absolute atomic E-state index is 13.2. The van der Waals surface area contributed by atoms with Crippen LogP contribution >= 0.6 is 15.9 Å². The van der Waals surface area contributed by atoms with Gasteiger partial charge in [-0.05, 0) is 41.1 Å². The highest BCUT2D eigenvalue weighted by Crippen LogP contribution is 2.19. The second-order valence-electron chi connectivity index (χ2n) is 3.98. The van der Waals surface area contributed by atoms with Crippen molar-refractivity contribution in [2.75, 3.05) is 6.54 Å². The van der Waals surface area contributed by atoms with Crippen molar-refractivity contribution >= 4 is 31.9 Å². The smallest absolute Gasteiger partial charge is 0.336 e. The topological polar surface area (TPSA) is 104 Å². The molecule has 0 aromatic heterocycles. The maximum Gasteiger partial charge on any atom is 0.336 e. The molecule has 0 amide bonds. The lowest BCUT2D eigenvalue weighted by molar-refractivity contribution is -0.155. The van der Waals surface area contributed by atoms with E-state index in [-0.39, 0.29) is 9.37 Å². The first-order valence-corrected chi connectivity index (χ1v) is 7.24. The Labute approximate surface area is 117 Å². The Morgan fingerprint density at radius 3 is 2.58 bits per heavy atom. The Kier molecular flexibility index (Phi) is 4.67. The predicted octanol–water partition coefficient (Wildman–Crippen LogP) is 0.702. The third-order valence-electron chi connectivity index (χ3n) is 2.27. The number of hydrogen-bond donors (Lipinski definition) is 3. The van der Waals surface area contributed by atoms with Gasteiger partial charge in [0.1, 0.15) is 5.82 Å². The summed E-state index contributed by atoms with van der Waals surface area (Å²) in [6.45, 7) is 0.211. The molecule has 9 heteroatoms. The number of aliphatic hydroxyl groups is 1. The van der Waals surface area contributed by atoms with Crippen LogP contribution in [-0.2, 0) is 14.8 Å². The highest BCUT2D eigenvalue weighted by Gasteiger charge is 2.31. The molecule has 0 radical (unpaired) electrons. The van der Waals surface area contributed by atoms with Crippen molar-refractivity contribution in [3.05, 3.63) is 28.5 Å². The highest BCUT2D eigenvalue weighted by atomic mass is 79.9. The lowest BCUT2D eigenvalue weighted by atomic mass is 10.1. The molecule has 19 heavy (non-hydrogen) atoms. The first-order chi connectivity index (χ1) is 8.56. The summed E-state index contributed by atoms with van der Waals surface area (Å²) in [6.07, 6.45) is 0. The van der Waals surface area contributed by atoms with Crippen LogP contribution < -0.4 is 4.72 Å². The molecule has 1 rings (SSSR count). The zero-order valence-electron chi connectivity index (χ0n) is 9.72. The zero-order valence-corrected chi connectivity index (χ0v) is 12.1. The van der Waals surface area contributed by atoms with Gasteiger partial charge in [-0.25, -0.2) is 22.3 Å². The van der Waals surface area contributed by atoms with Crippen LogP contribution in [0.25, 0.3) is 0 Å². The van der Waals surface area contributed by atoms with Crippen LogP contribution in [0, 0.1) is 5.82 Å². The van der Waals surface area contributed by atoms with E-state index in [1.54, 1.807) is 0 Å². The first kappa shape index (κ1) is 16.0. The minimum absolute atomic E-state index is 0.101. The standard InChI is InChI=1S/C10H11BrFNO5S/c1-10(16,9(14)15)5-13-19(17,18)6-2-3-7(11)8(12)4-6/h2-4,13,16H,5H2,1H3,(H,14,15). The first-order valence-electron chi connectivity index (χ1n) is 4.97. The Balaban J connectivity index is 2.93. The third kappa shape index (κ3) is 3.96. The van der Waals surface area contributed by atoms with Gasteiger partial charge in [-0.3, -0.25) is 0 Å². The summed E-state index contributed by atoms with van der Waals surface area (Å²) in [7, 11) is -4.10. The van der Waals surface area contributed by atoms with Gasteiger partial charge in [0.25, 0.3) is 0 Å². The molecule has 106 valence electrons. The Morgan fingerprint density at radius 1 is 1.53 bits per heavy atom. The van der Waals surface area contributed by atoms with E-state index in [1.165, 1.54) is 6.07 Å². The summed E-state index contributed by atoms with van der Waals surface area (Å²) < 4.78 is 38.8. The van der Waals surface area contributed by atoms with E-state index in [2.05, 4.69) is 15.9 Å². The summed E-state index contributed by atoms with van der Waals surface area (Å²) in [5, 5.41) is 18.0. The molecule has 0 aliphatic rings. The fourth-order valence-corrected chi connectivity index (χ4v) is 2.43. The van der Waals surface area contributed by atoms with Crippen molar-refractivity contribution in [1.82, 2.24) is 4.72 Å². The number of hydrogen-bond acceptors (Lipinski definition) is 4. The van der Waals surface area contributed by atoms with Crippen molar-refractivity contribution in [3.8, 4) is 0 Å². The van der Waals surface area contributed by atoms with E-state index >= 15 is 0 Å². The fraction of sp³-hybridized carbons (Fsp3) is 0.300. The van der Waals surface area contributed by atoms with Crippen molar-refractivity contribution in [2.24, 2.45) is 0 Å². The van der Waals surface area contributed by atoms with Crippen LogP contribution in [-0.4, -0.2) is 36.7 Å². The zero-order chi connectivity index (χ0) is 14.8. The second kappa shape index (κ2) is 5.53. The third-order valence-corrected chi connectivity index (χ3v) is 4.31. The number of aliphatic carboxylic acids is 1. The molecule has 0 fully saturated rings. The van der Waals surface area contributed by atoms with Crippen molar-refractivity contribution in [2.45, 2.75) is 17.4 Å². The lowest BCUT2D eigenvalue weighted by Crippen LogP contribution is -2.46. The number of carbonyl (C=O) groups is 1. The van der Waals surface area contributed by atoms with E-state index in [1.807, 2.05) is 4.72 Å². The van der Waals surface area contributed by atoms with Gasteiger partial charge in [-0.15, -0.1) is 0 Å². The Hall–Kier alpha value is -1.03. The van der Waals surface area contributed by atoms with Crippen molar-refractivity contribution in [3.63, 3.8) is 0 Å². The van der Waals surface area contributed by atoms with Crippen LogP contribution in [0.3, 0.4) is 0 Å². The van der Waals surface area contributed by atoms with E-state index in [9.17, 15) is 22.7 Å². The summed E-state index contributed by atoms with van der Waals surface area (Å²) in [6, 6.07) is 3.13. The SMILES string of the molecule is CC(O)(CNS(=O)(=O)c1ccc(Br)c(F)c1)C(=O)O. The van der Waals surface area contributed by atoms with Gasteiger partial charge >= 0.3 is 5.97 Å². The molecular formula is C10H11BrFNO5S. The molecule has 1 aromatic carbocycles. The largest absolute Gasteiger partial charge is 0.479 e. The molecule has 0 spiro atoms. The summed E-state index contributed by atoms with van der Waals surface area (Å²) >= 11 is 2.88. The summed E-state index contributed by atoms with van der Waals surface area (Å²) in [5.74, 6) is -2.34.